The quantitative estimate of drug-likeness (QED) is 0.139. The van der Waals surface area contributed by atoms with E-state index in [4.69, 9.17) is 5.21 Å². The van der Waals surface area contributed by atoms with E-state index in [0.717, 1.165) is 16.7 Å². The molecule has 3 nitrogen and oxygen atoms in total. The van der Waals surface area contributed by atoms with E-state index < -0.39 is 0 Å². The van der Waals surface area contributed by atoms with Crippen LogP contribution in [-0.2, 0) is 0 Å². The summed E-state index contributed by atoms with van der Waals surface area (Å²) < 4.78 is 0. The number of benzene rings is 1. The molecule has 1 aromatic rings. The second kappa shape index (κ2) is 3.88. The zero-order valence-electron chi connectivity index (χ0n) is 5.60. The highest BCUT2D eigenvalue weighted by Crippen LogP contribution is 2.13. The zero-order valence-corrected chi connectivity index (χ0v) is 6.41. The van der Waals surface area contributed by atoms with Crippen molar-refractivity contribution in [3.05, 3.63) is 35.5 Å². The lowest BCUT2D eigenvalue weighted by atomic mass is 10.4. The Balaban J connectivity index is 2.59. The van der Waals surface area contributed by atoms with Crippen molar-refractivity contribution in [3.8, 4) is 0 Å². The lowest BCUT2D eigenvalue weighted by Crippen LogP contribution is -1.92. The van der Waals surface area contributed by atoms with Gasteiger partial charge in [0.05, 0.1) is 0 Å². The standard InChI is InChI=1S/C7H6NO2S/c9-8(10)6-11-7-4-2-1-3-5-7/h1-5H,(H,9,10)/q-1. The Hall–Kier alpha value is -1.16. The first-order chi connectivity index (χ1) is 5.29. The average molecular weight is 168 g/mol. The van der Waals surface area contributed by atoms with Crippen LogP contribution in [0.15, 0.2) is 35.2 Å². The van der Waals surface area contributed by atoms with E-state index in [0.29, 0.717) is 0 Å². The van der Waals surface area contributed by atoms with Crippen molar-refractivity contribution in [2.24, 2.45) is 0 Å². The molecule has 0 unspecified atom stereocenters. The molecule has 1 N–H and O–H groups in total. The van der Waals surface area contributed by atoms with E-state index in [1.165, 1.54) is 0 Å². The van der Waals surface area contributed by atoms with Gasteiger partial charge < -0.3 is 5.21 Å². The molecule has 0 saturated carbocycles. The molecule has 0 atom stereocenters. The number of thioether (sulfide) groups is 1. The van der Waals surface area contributed by atoms with Crippen molar-refractivity contribution in [2.45, 2.75) is 4.90 Å². The van der Waals surface area contributed by atoms with Gasteiger partial charge in [0.2, 0.25) is 0 Å². The molecule has 0 fully saturated rings. The van der Waals surface area contributed by atoms with Crippen LogP contribution in [-0.4, -0.2) is 15.7 Å². The summed E-state index contributed by atoms with van der Waals surface area (Å²) in [6.45, 7) is 0. The van der Waals surface area contributed by atoms with Gasteiger partial charge in [0.1, 0.15) is 0 Å². The van der Waals surface area contributed by atoms with Gasteiger partial charge in [-0.25, -0.2) is 11.8 Å². The summed E-state index contributed by atoms with van der Waals surface area (Å²) in [4.78, 5) is 0.528. The van der Waals surface area contributed by atoms with Crippen LogP contribution in [0.1, 0.15) is 0 Å². The maximum atomic E-state index is 9.96. The van der Waals surface area contributed by atoms with Crippen LogP contribution in [0.4, 0.5) is 0 Å². The van der Waals surface area contributed by atoms with Crippen LogP contribution in [0.25, 0.3) is 0 Å². The second-order valence-corrected chi connectivity index (χ2v) is 2.64. The SMILES string of the molecule is [O-][N+](O)=[C-]Sc1ccccc1. The molecular formula is C7H6NO2S-. The van der Waals surface area contributed by atoms with Gasteiger partial charge in [-0.05, 0) is 4.90 Å². The van der Waals surface area contributed by atoms with E-state index in [2.05, 4.69) is 5.55 Å². The van der Waals surface area contributed by atoms with Gasteiger partial charge in [-0.15, -0.1) is 4.90 Å². The summed E-state index contributed by atoms with van der Waals surface area (Å²) in [5.74, 6) is 0. The summed E-state index contributed by atoms with van der Waals surface area (Å²) in [5, 5.41) is 18.1. The topological polar surface area (TPSA) is 46.3 Å². The maximum absolute atomic E-state index is 9.96. The van der Waals surface area contributed by atoms with Crippen molar-refractivity contribution in [1.29, 1.82) is 0 Å². The van der Waals surface area contributed by atoms with Crippen molar-refractivity contribution in [2.75, 3.05) is 0 Å². The van der Waals surface area contributed by atoms with Gasteiger partial charge in [0.25, 0.3) is 0 Å². The molecule has 0 bridgehead atoms. The number of hydrogen-bond donors (Lipinski definition) is 1. The van der Waals surface area contributed by atoms with Gasteiger partial charge in [-0.2, -0.15) is 0 Å². The summed E-state index contributed by atoms with van der Waals surface area (Å²) in [7, 11) is 0. The van der Waals surface area contributed by atoms with E-state index in [9.17, 15) is 5.21 Å². The third-order valence-electron chi connectivity index (χ3n) is 0.985. The smallest absolute Gasteiger partial charge is 0.0187 e. The fourth-order valence-electron chi connectivity index (χ4n) is 0.580. The predicted molar refractivity (Wildman–Crippen MR) is 42.7 cm³/mol. The van der Waals surface area contributed by atoms with Crippen LogP contribution in [0.3, 0.4) is 0 Å². The molecule has 0 aliphatic carbocycles. The fraction of sp³-hybridized carbons (Fsp3) is 0. The van der Waals surface area contributed by atoms with Gasteiger partial charge in [0.15, 0.2) is 0 Å². The Morgan fingerprint density at radius 1 is 1.36 bits per heavy atom. The van der Waals surface area contributed by atoms with Crippen LogP contribution in [0.5, 0.6) is 0 Å². The molecule has 0 aliphatic heterocycles. The predicted octanol–water partition coefficient (Wildman–Crippen LogP) is 1.58. The Bertz CT molecular complexity index is 244. The first-order valence-corrected chi connectivity index (χ1v) is 3.74. The van der Waals surface area contributed by atoms with Gasteiger partial charge in [0, 0.05) is 0 Å². The number of hydrogen-bond acceptors (Lipinski definition) is 3. The highest BCUT2D eigenvalue weighted by atomic mass is 32.2. The van der Waals surface area contributed by atoms with E-state index in [-0.39, 0.29) is 4.90 Å². The average Bonchev–Trinajstić information content (AvgIpc) is 2.03. The Morgan fingerprint density at radius 2 is 2.00 bits per heavy atom. The van der Waals surface area contributed by atoms with Crippen LogP contribution in [0.2, 0.25) is 0 Å². The fourth-order valence-corrected chi connectivity index (χ4v) is 1.06. The molecule has 1 aromatic carbocycles. The first kappa shape index (κ1) is 7.94. The van der Waals surface area contributed by atoms with Crippen molar-refractivity contribution in [1.82, 2.24) is 0 Å². The molecule has 0 spiro atoms. The highest BCUT2D eigenvalue weighted by Gasteiger charge is 1.80. The third-order valence-corrected chi connectivity index (χ3v) is 1.74. The zero-order chi connectivity index (χ0) is 8.10. The molecule has 0 saturated heterocycles. The Kier molecular flexibility index (Phi) is 2.80. The maximum Gasteiger partial charge on any atom is -0.0187 e. The molecule has 0 heterocycles. The summed E-state index contributed by atoms with van der Waals surface area (Å²) in [6, 6.07) is 9.20. The van der Waals surface area contributed by atoms with Gasteiger partial charge >= 0.3 is 0 Å². The minimum Gasteiger partial charge on any atom is -0.447 e. The van der Waals surface area contributed by atoms with Crippen LogP contribution in [0, 0.1) is 5.21 Å². The van der Waals surface area contributed by atoms with Crippen molar-refractivity contribution >= 4 is 17.3 Å². The molecule has 0 aromatic heterocycles. The molecular weight excluding hydrogens is 162 g/mol. The van der Waals surface area contributed by atoms with Crippen molar-refractivity contribution < 1.29 is 10.1 Å². The monoisotopic (exact) mass is 168 g/mol. The van der Waals surface area contributed by atoms with E-state index >= 15 is 0 Å². The minimum absolute atomic E-state index is 0.336. The summed E-state index contributed by atoms with van der Waals surface area (Å²) >= 11 is 1.04. The van der Waals surface area contributed by atoms with Gasteiger partial charge in [-0.3, -0.25) is 5.21 Å². The number of rotatable bonds is 2. The lowest BCUT2D eigenvalue weighted by molar-refractivity contribution is -0.720. The third kappa shape index (κ3) is 2.95. The molecule has 58 valence electrons. The molecule has 0 radical (unpaired) electrons. The van der Waals surface area contributed by atoms with Crippen LogP contribution >= 0.6 is 11.8 Å². The van der Waals surface area contributed by atoms with Crippen LogP contribution < -0.4 is 0 Å². The Morgan fingerprint density at radius 3 is 2.55 bits per heavy atom. The largest absolute Gasteiger partial charge is 0.447 e. The summed E-state index contributed by atoms with van der Waals surface area (Å²) in [5.41, 5.74) is 2.11. The first-order valence-electron chi connectivity index (χ1n) is 2.93. The minimum atomic E-state index is -0.336. The molecule has 0 aliphatic rings. The lowest BCUT2D eigenvalue weighted by Gasteiger charge is -2.01. The van der Waals surface area contributed by atoms with E-state index in [1.807, 2.05) is 30.3 Å². The highest BCUT2D eigenvalue weighted by molar-refractivity contribution is 8.11. The van der Waals surface area contributed by atoms with Crippen molar-refractivity contribution in [3.63, 3.8) is 0 Å². The molecule has 4 heteroatoms. The second-order valence-electron chi connectivity index (χ2n) is 1.78. The molecule has 1 rings (SSSR count). The van der Waals surface area contributed by atoms with Gasteiger partial charge in [-0.1, -0.05) is 35.9 Å². The Labute approximate surface area is 68.5 Å². The number of nitrogens with zero attached hydrogens (tertiary/aromatic N) is 1. The normalized spacial score (nSPS) is 11.5. The van der Waals surface area contributed by atoms with E-state index in [1.54, 1.807) is 0 Å². The summed E-state index contributed by atoms with van der Waals surface area (Å²) in [6.07, 6.45) is 0. The molecule has 11 heavy (non-hydrogen) atoms. The molecule has 0 amide bonds.